The van der Waals surface area contributed by atoms with Gasteiger partial charge in [0, 0.05) is 12.1 Å². The summed E-state index contributed by atoms with van der Waals surface area (Å²) >= 11 is 0. The van der Waals surface area contributed by atoms with E-state index < -0.39 is 16.9 Å². The molecule has 0 aliphatic carbocycles. The fraction of sp³-hybridized carbons (Fsp3) is 0.0476. The lowest BCUT2D eigenvalue weighted by molar-refractivity contribution is -0.384. The van der Waals surface area contributed by atoms with Crippen molar-refractivity contribution >= 4 is 23.5 Å². The number of nitro groups is 1. The van der Waals surface area contributed by atoms with Crippen LogP contribution in [0.3, 0.4) is 0 Å². The molecule has 0 saturated heterocycles. The predicted octanol–water partition coefficient (Wildman–Crippen LogP) is 3.74. The average Bonchev–Trinajstić information content (AvgIpc) is 2.75. The SMILES string of the molecule is O=C(N/N=C\c1ccc(F)cc1)C(Nc1cc([N+](=O)[O-])ccc1O)c1ccccc1. The maximum Gasteiger partial charge on any atom is 0.271 e. The van der Waals surface area contributed by atoms with Crippen LogP contribution in [0.25, 0.3) is 0 Å². The van der Waals surface area contributed by atoms with Gasteiger partial charge in [0.2, 0.25) is 0 Å². The second kappa shape index (κ2) is 9.28. The summed E-state index contributed by atoms with van der Waals surface area (Å²) in [4.78, 5) is 23.2. The van der Waals surface area contributed by atoms with Gasteiger partial charge < -0.3 is 10.4 Å². The molecule has 9 heteroatoms. The molecule has 8 nitrogen and oxygen atoms in total. The normalized spacial score (nSPS) is 11.8. The third-order valence-corrected chi connectivity index (χ3v) is 4.14. The number of rotatable bonds is 7. The van der Waals surface area contributed by atoms with Crippen molar-refractivity contribution in [1.82, 2.24) is 5.43 Å². The molecule has 0 aliphatic rings. The molecule has 1 unspecified atom stereocenters. The lowest BCUT2D eigenvalue weighted by Gasteiger charge is -2.19. The van der Waals surface area contributed by atoms with Gasteiger partial charge in [0.1, 0.15) is 17.6 Å². The number of phenols is 1. The number of aromatic hydroxyl groups is 1. The summed E-state index contributed by atoms with van der Waals surface area (Å²) in [6, 6.07) is 16.6. The largest absolute Gasteiger partial charge is 0.506 e. The van der Waals surface area contributed by atoms with Crippen molar-refractivity contribution in [2.24, 2.45) is 5.10 Å². The first-order chi connectivity index (χ1) is 14.4. The molecular weight excluding hydrogens is 391 g/mol. The second-order valence-electron chi connectivity index (χ2n) is 6.23. The van der Waals surface area contributed by atoms with Gasteiger partial charge in [-0.05, 0) is 29.3 Å². The zero-order valence-electron chi connectivity index (χ0n) is 15.5. The van der Waals surface area contributed by atoms with E-state index in [-0.39, 0.29) is 22.9 Å². The van der Waals surface area contributed by atoms with Gasteiger partial charge >= 0.3 is 0 Å². The van der Waals surface area contributed by atoms with E-state index in [0.717, 1.165) is 12.1 Å². The lowest BCUT2D eigenvalue weighted by Crippen LogP contribution is -2.30. The van der Waals surface area contributed by atoms with Gasteiger partial charge in [0.05, 0.1) is 16.8 Å². The van der Waals surface area contributed by atoms with Crippen LogP contribution in [0.15, 0.2) is 77.9 Å². The van der Waals surface area contributed by atoms with Gasteiger partial charge in [-0.3, -0.25) is 14.9 Å². The van der Waals surface area contributed by atoms with Gasteiger partial charge in [0.15, 0.2) is 0 Å². The average molecular weight is 408 g/mol. The first-order valence-corrected chi connectivity index (χ1v) is 8.81. The Bertz CT molecular complexity index is 1070. The van der Waals surface area contributed by atoms with Gasteiger partial charge in [-0.25, -0.2) is 9.82 Å². The number of phenolic OH excluding ortho intramolecular Hbond substituents is 1. The number of halogens is 1. The molecule has 0 aliphatic heterocycles. The van der Waals surface area contributed by atoms with Crippen molar-refractivity contribution in [1.29, 1.82) is 0 Å². The minimum absolute atomic E-state index is 0.0238. The molecule has 0 saturated carbocycles. The first kappa shape index (κ1) is 20.5. The molecule has 1 amide bonds. The number of hydrogen-bond acceptors (Lipinski definition) is 6. The maximum atomic E-state index is 13.0. The Kier molecular flexibility index (Phi) is 6.33. The van der Waals surface area contributed by atoms with E-state index in [1.54, 1.807) is 30.3 Å². The van der Waals surface area contributed by atoms with Crippen LogP contribution in [0.1, 0.15) is 17.2 Å². The molecule has 0 spiro atoms. The van der Waals surface area contributed by atoms with Crippen LogP contribution in [0, 0.1) is 15.9 Å². The number of anilines is 1. The molecule has 3 aromatic carbocycles. The van der Waals surface area contributed by atoms with E-state index >= 15 is 0 Å². The van der Waals surface area contributed by atoms with Crippen LogP contribution in [0.2, 0.25) is 0 Å². The smallest absolute Gasteiger partial charge is 0.271 e. The Labute approximate surface area is 170 Å². The lowest BCUT2D eigenvalue weighted by atomic mass is 10.1. The first-order valence-electron chi connectivity index (χ1n) is 8.81. The Balaban J connectivity index is 1.82. The summed E-state index contributed by atoms with van der Waals surface area (Å²) in [6.45, 7) is 0. The van der Waals surface area contributed by atoms with E-state index in [4.69, 9.17) is 0 Å². The number of nitrogens with one attached hydrogen (secondary N) is 2. The number of hydrazone groups is 1. The van der Waals surface area contributed by atoms with Gasteiger partial charge in [-0.1, -0.05) is 42.5 Å². The number of carbonyl (C=O) groups excluding carboxylic acids is 1. The van der Waals surface area contributed by atoms with Crippen molar-refractivity contribution < 1.29 is 19.2 Å². The number of amides is 1. The number of hydrogen-bond donors (Lipinski definition) is 3. The van der Waals surface area contributed by atoms with Crippen LogP contribution in [0.5, 0.6) is 5.75 Å². The molecule has 30 heavy (non-hydrogen) atoms. The summed E-state index contributed by atoms with van der Waals surface area (Å²) in [5.41, 5.74) is 3.30. The van der Waals surface area contributed by atoms with Crippen molar-refractivity contribution in [3.63, 3.8) is 0 Å². The molecule has 0 radical (unpaired) electrons. The molecule has 1 atom stereocenters. The molecule has 3 aromatic rings. The van der Waals surface area contributed by atoms with Gasteiger partial charge in [-0.15, -0.1) is 0 Å². The van der Waals surface area contributed by atoms with Crippen LogP contribution >= 0.6 is 0 Å². The zero-order chi connectivity index (χ0) is 21.5. The fourth-order valence-electron chi connectivity index (χ4n) is 2.64. The quantitative estimate of drug-likeness (QED) is 0.238. The number of benzene rings is 3. The second-order valence-corrected chi connectivity index (χ2v) is 6.23. The number of non-ortho nitro benzene ring substituents is 1. The van der Waals surface area contributed by atoms with E-state index in [2.05, 4.69) is 15.8 Å². The van der Waals surface area contributed by atoms with E-state index in [1.165, 1.54) is 36.5 Å². The summed E-state index contributed by atoms with van der Waals surface area (Å²) in [5.74, 6) is -1.20. The highest BCUT2D eigenvalue weighted by Gasteiger charge is 2.22. The molecule has 152 valence electrons. The van der Waals surface area contributed by atoms with Crippen LogP contribution in [0.4, 0.5) is 15.8 Å². The van der Waals surface area contributed by atoms with Crippen molar-refractivity contribution in [2.75, 3.05) is 5.32 Å². The topological polar surface area (TPSA) is 117 Å². The van der Waals surface area contributed by atoms with Crippen LogP contribution in [-0.4, -0.2) is 22.2 Å². The summed E-state index contributed by atoms with van der Waals surface area (Å²) in [6.07, 6.45) is 1.35. The molecule has 0 fully saturated rings. The predicted molar refractivity (Wildman–Crippen MR) is 110 cm³/mol. The summed E-state index contributed by atoms with van der Waals surface area (Å²) in [7, 11) is 0. The van der Waals surface area contributed by atoms with Crippen molar-refractivity contribution in [3.05, 3.63) is 99.9 Å². The molecule has 0 bridgehead atoms. The Morgan fingerprint density at radius 1 is 1.10 bits per heavy atom. The summed E-state index contributed by atoms with van der Waals surface area (Å²) < 4.78 is 13.0. The maximum absolute atomic E-state index is 13.0. The Morgan fingerprint density at radius 2 is 1.80 bits per heavy atom. The van der Waals surface area contributed by atoms with E-state index in [0.29, 0.717) is 11.1 Å². The number of carbonyl (C=O) groups is 1. The van der Waals surface area contributed by atoms with Crippen LogP contribution in [-0.2, 0) is 4.79 Å². The van der Waals surface area contributed by atoms with Crippen LogP contribution < -0.4 is 10.7 Å². The highest BCUT2D eigenvalue weighted by molar-refractivity contribution is 5.88. The molecule has 0 aromatic heterocycles. The third kappa shape index (κ3) is 5.16. The highest BCUT2D eigenvalue weighted by Crippen LogP contribution is 2.31. The number of nitro benzene ring substituents is 1. The minimum atomic E-state index is -0.996. The Morgan fingerprint density at radius 3 is 2.47 bits per heavy atom. The van der Waals surface area contributed by atoms with Crippen molar-refractivity contribution in [2.45, 2.75) is 6.04 Å². The zero-order valence-corrected chi connectivity index (χ0v) is 15.5. The van der Waals surface area contributed by atoms with Gasteiger partial charge in [0.25, 0.3) is 11.6 Å². The molecule has 0 heterocycles. The van der Waals surface area contributed by atoms with Crippen molar-refractivity contribution in [3.8, 4) is 5.75 Å². The summed E-state index contributed by atoms with van der Waals surface area (Å²) in [5, 5.41) is 27.8. The molecule has 3 N–H and O–H groups in total. The number of nitrogens with zero attached hydrogens (tertiary/aromatic N) is 2. The van der Waals surface area contributed by atoms with E-state index in [1.807, 2.05) is 0 Å². The molecule has 3 rings (SSSR count). The standard InChI is InChI=1S/C21H17FN4O4/c22-16-8-6-14(7-9-16)13-23-25-21(28)20(15-4-2-1-3-5-15)24-18-12-17(26(29)30)10-11-19(18)27/h1-13,20,24,27H,(H,25,28)/b23-13-. The monoisotopic (exact) mass is 408 g/mol. The molecular formula is C21H17FN4O4. The minimum Gasteiger partial charge on any atom is -0.506 e. The van der Waals surface area contributed by atoms with Gasteiger partial charge in [-0.2, -0.15) is 5.10 Å². The fourth-order valence-corrected chi connectivity index (χ4v) is 2.64. The van der Waals surface area contributed by atoms with E-state index in [9.17, 15) is 24.4 Å². The third-order valence-electron chi connectivity index (χ3n) is 4.14. The Hall–Kier alpha value is -4.27. The highest BCUT2D eigenvalue weighted by atomic mass is 19.1.